The summed E-state index contributed by atoms with van der Waals surface area (Å²) in [6.45, 7) is 2.20. The molecule has 88 heavy (non-hydrogen) atoms. The smallest absolute Gasteiger partial charge is 0.536 e. The van der Waals surface area contributed by atoms with Crippen LogP contribution in [0.25, 0.3) is 96.0 Å². The van der Waals surface area contributed by atoms with Gasteiger partial charge in [0, 0.05) is 40.1 Å². The molecule has 17 rings (SSSR count). The van der Waals surface area contributed by atoms with E-state index in [9.17, 15) is 0 Å². The van der Waals surface area contributed by atoms with E-state index < -0.39 is 7.92 Å². The Bertz CT molecular complexity index is 4930. The van der Waals surface area contributed by atoms with E-state index in [0.717, 1.165) is 35.1 Å². The van der Waals surface area contributed by atoms with E-state index >= 15 is 0 Å². The first-order valence-corrected chi connectivity index (χ1v) is 33.4. The van der Waals surface area contributed by atoms with Gasteiger partial charge in [-0.2, -0.15) is 0 Å². The Morgan fingerprint density at radius 1 is 0.352 bits per heavy atom. The van der Waals surface area contributed by atoms with Gasteiger partial charge >= 0.3 is 7.69 Å². The molecule has 0 amide bonds. The monoisotopic (exact) mass is 1250 g/mol. The molecule has 2 aliphatic carbocycles. The van der Waals surface area contributed by atoms with Crippen molar-refractivity contribution in [2.24, 2.45) is 0 Å². The summed E-state index contributed by atoms with van der Waals surface area (Å²) in [5, 5.41) is 18.3. The van der Waals surface area contributed by atoms with Crippen LogP contribution in [0, 0.1) is 6.92 Å². The highest BCUT2D eigenvalue weighted by Gasteiger charge is 2.22. The number of benzene rings is 13. The molecule has 421 valence electrons. The van der Waals surface area contributed by atoms with Gasteiger partial charge in [-0.3, -0.25) is 0 Å². The van der Waals surface area contributed by atoms with Crippen LogP contribution in [-0.4, -0.2) is 12.7 Å². The number of thiophene rings is 2. The predicted molar refractivity (Wildman–Crippen MR) is 384 cm³/mol. The largest absolute Gasteiger partial charge is 0.569 e. The Labute approximate surface area is 532 Å². The Balaban J connectivity index is 0.000000108. The van der Waals surface area contributed by atoms with E-state index in [1.54, 1.807) is 11.3 Å². The second-order valence-electron chi connectivity index (χ2n) is 22.0. The SMILES string of the molecule is Brc1ccc2c(c1)-c1ccccc1C2.Cc1ccccc1P(c1ccccc1)c1ccccc1.O[B]Oc1cccc2c1sc1c(-c3ccccc3)cccc12.c1ccc(-c2cccc3c2sc2c(-c4ccc5c(c4)-c4ccccc4C5)cccc23)cc1. The van der Waals surface area contributed by atoms with Gasteiger partial charge in [0.15, 0.2) is 0 Å². The summed E-state index contributed by atoms with van der Waals surface area (Å²) in [4.78, 5) is 0. The van der Waals surface area contributed by atoms with Crippen molar-refractivity contribution in [1.29, 1.82) is 0 Å². The maximum Gasteiger partial charge on any atom is 0.569 e. The third-order valence-electron chi connectivity index (χ3n) is 16.6. The zero-order chi connectivity index (χ0) is 59.3. The number of rotatable bonds is 8. The zero-order valence-electron chi connectivity index (χ0n) is 48.4. The fourth-order valence-corrected chi connectivity index (χ4v) is 17.9. The molecule has 0 fully saturated rings. The van der Waals surface area contributed by atoms with Crippen LogP contribution < -0.4 is 20.6 Å². The van der Waals surface area contributed by atoms with Crippen LogP contribution in [0.2, 0.25) is 0 Å². The minimum Gasteiger partial charge on any atom is -0.536 e. The first-order chi connectivity index (χ1) is 43.5. The summed E-state index contributed by atoms with van der Waals surface area (Å²) < 4.78 is 11.4. The third kappa shape index (κ3) is 11.5. The van der Waals surface area contributed by atoms with Crippen LogP contribution in [0.3, 0.4) is 0 Å². The normalized spacial score (nSPS) is 11.6. The molecule has 0 spiro atoms. The van der Waals surface area contributed by atoms with Gasteiger partial charge in [0.1, 0.15) is 5.75 Å². The molecule has 1 radical (unpaired) electrons. The molecule has 13 aromatic carbocycles. The van der Waals surface area contributed by atoms with E-state index in [1.807, 2.05) is 29.5 Å². The molecule has 0 aliphatic heterocycles. The molecular formula is C81H58BBrO2PS2. The van der Waals surface area contributed by atoms with Crippen LogP contribution in [0.1, 0.15) is 27.8 Å². The van der Waals surface area contributed by atoms with Gasteiger partial charge in [0.05, 0.1) is 4.70 Å². The minimum atomic E-state index is -0.467. The standard InChI is InChI=1S/C31H20S.C19H17P.C18H12BO2S.C13H9Br/c1-2-8-20(9-3-1)25-12-6-14-27-28-15-7-13-26(31(28)32-30(25)27)23-17-16-22-18-21-10-4-5-11-24(21)29(22)19-23;1-16-10-8-9-15-19(16)20(17-11-4-2-5-12-17)18-13-6-3-7-14-18;20-19-21-16-11-5-10-15-14-9-4-8-13(17(14)22-18(15)16)12-6-2-1-3-7-12;14-11-6-5-10-7-9-3-1-2-4-12(9)13(10)8-11/h1-17,19H,18H2;2-15H,1H3;1-11,20H;1-6,8H,7H2. The molecule has 0 atom stereocenters. The van der Waals surface area contributed by atoms with E-state index in [2.05, 4.69) is 308 Å². The van der Waals surface area contributed by atoms with Crippen molar-refractivity contribution in [3.63, 3.8) is 0 Å². The lowest BCUT2D eigenvalue weighted by molar-refractivity contribution is 0.457. The fraction of sp³-hybridized carbons (Fsp3) is 0.0370. The van der Waals surface area contributed by atoms with Gasteiger partial charge in [-0.25, -0.2) is 0 Å². The van der Waals surface area contributed by atoms with Crippen molar-refractivity contribution >= 4 is 110 Å². The average molecular weight is 1250 g/mol. The lowest BCUT2D eigenvalue weighted by atomic mass is 9.97. The summed E-state index contributed by atoms with van der Waals surface area (Å²) in [5.74, 6) is 0.681. The van der Waals surface area contributed by atoms with Crippen molar-refractivity contribution < 1.29 is 9.68 Å². The summed E-state index contributed by atoms with van der Waals surface area (Å²) in [6, 6.07) is 108. The van der Waals surface area contributed by atoms with E-state index in [4.69, 9.17) is 9.68 Å². The van der Waals surface area contributed by atoms with Crippen molar-refractivity contribution in [1.82, 2.24) is 0 Å². The minimum absolute atomic E-state index is 0.467. The number of aryl methyl sites for hydroxylation is 1. The molecule has 0 saturated heterocycles. The molecule has 1 N–H and O–H groups in total. The van der Waals surface area contributed by atoms with Crippen molar-refractivity contribution in [2.75, 3.05) is 0 Å². The lowest BCUT2D eigenvalue weighted by Gasteiger charge is -2.21. The van der Waals surface area contributed by atoms with Gasteiger partial charge in [0.25, 0.3) is 0 Å². The molecule has 2 aliphatic rings. The maximum atomic E-state index is 8.94. The van der Waals surface area contributed by atoms with Gasteiger partial charge in [-0.15, -0.1) is 22.7 Å². The molecule has 0 bridgehead atoms. The second kappa shape index (κ2) is 25.8. The van der Waals surface area contributed by atoms with Crippen LogP contribution in [0.4, 0.5) is 0 Å². The van der Waals surface area contributed by atoms with Gasteiger partial charge < -0.3 is 9.68 Å². The predicted octanol–water partition coefficient (Wildman–Crippen LogP) is 21.4. The third-order valence-corrected chi connectivity index (χ3v) is 22.3. The lowest BCUT2D eigenvalue weighted by Crippen LogP contribution is -2.22. The van der Waals surface area contributed by atoms with Gasteiger partial charge in [-0.05, 0) is 151 Å². The highest BCUT2D eigenvalue weighted by atomic mass is 79.9. The summed E-state index contributed by atoms with van der Waals surface area (Å²) >= 11 is 7.13. The molecule has 2 aromatic heterocycles. The Kier molecular flexibility index (Phi) is 16.6. The zero-order valence-corrected chi connectivity index (χ0v) is 52.5. The van der Waals surface area contributed by atoms with Crippen molar-refractivity contribution in [3.05, 3.63) is 336 Å². The van der Waals surface area contributed by atoms with Crippen LogP contribution in [-0.2, 0) is 12.8 Å². The van der Waals surface area contributed by atoms with E-state index in [0.29, 0.717) is 5.75 Å². The van der Waals surface area contributed by atoms with Gasteiger partial charge in [-0.1, -0.05) is 295 Å². The first-order valence-electron chi connectivity index (χ1n) is 29.6. The number of hydrogen-bond acceptors (Lipinski definition) is 4. The average Bonchev–Trinajstić information content (AvgIpc) is 1.82. The van der Waals surface area contributed by atoms with E-state index in [1.165, 1.54) is 130 Å². The van der Waals surface area contributed by atoms with Crippen LogP contribution >= 0.6 is 46.5 Å². The van der Waals surface area contributed by atoms with Gasteiger partial charge in [0.2, 0.25) is 0 Å². The summed E-state index contributed by atoms with van der Waals surface area (Å²) in [7, 11) is 0.267. The fourth-order valence-electron chi connectivity index (χ4n) is 12.5. The Morgan fingerprint density at radius 2 is 0.750 bits per heavy atom. The summed E-state index contributed by atoms with van der Waals surface area (Å²) in [5.41, 5.74) is 20.3. The molecule has 0 saturated carbocycles. The number of fused-ring (bicyclic) bond motifs is 12. The Hall–Kier alpha value is -8.97. The van der Waals surface area contributed by atoms with Crippen LogP contribution in [0.5, 0.6) is 5.75 Å². The molecule has 2 nitrogen and oxygen atoms in total. The molecule has 2 heterocycles. The molecule has 15 aromatic rings. The maximum absolute atomic E-state index is 8.94. The van der Waals surface area contributed by atoms with Crippen molar-refractivity contribution in [2.45, 2.75) is 19.8 Å². The highest BCUT2D eigenvalue weighted by molar-refractivity contribution is 9.10. The first kappa shape index (κ1) is 56.8. The van der Waals surface area contributed by atoms with Crippen LogP contribution in [0.15, 0.2) is 308 Å². The summed E-state index contributed by atoms with van der Waals surface area (Å²) in [6.07, 6.45) is 2.12. The Morgan fingerprint density at radius 3 is 1.27 bits per heavy atom. The van der Waals surface area contributed by atoms with Crippen molar-refractivity contribution in [3.8, 4) is 61.4 Å². The van der Waals surface area contributed by atoms with E-state index in [-0.39, 0.29) is 0 Å². The quantitative estimate of drug-likeness (QED) is 0.121. The topological polar surface area (TPSA) is 29.5 Å². The second-order valence-corrected chi connectivity index (χ2v) is 27.1. The highest BCUT2D eigenvalue weighted by Crippen LogP contribution is 2.47. The number of hydrogen-bond donors (Lipinski definition) is 1. The molecule has 7 heteroatoms. The number of halogens is 1. The molecular weight excluding hydrogens is 1190 g/mol. The molecule has 0 unspecified atom stereocenters.